The summed E-state index contributed by atoms with van der Waals surface area (Å²) in [4.78, 5) is 32.4. The molecule has 0 fully saturated rings. The molecule has 8 heteroatoms. The molecule has 33 heavy (non-hydrogen) atoms. The number of hydrogen-bond donors (Lipinski definition) is 0. The van der Waals surface area contributed by atoms with Crippen LogP contribution in [0.3, 0.4) is 0 Å². The van der Waals surface area contributed by atoms with Crippen molar-refractivity contribution in [3.63, 3.8) is 0 Å². The van der Waals surface area contributed by atoms with E-state index in [9.17, 15) is 9.59 Å². The summed E-state index contributed by atoms with van der Waals surface area (Å²) in [6.45, 7) is 7.08. The summed E-state index contributed by atoms with van der Waals surface area (Å²) in [7, 11) is 1.61. The molecule has 0 saturated heterocycles. The number of methoxy groups -OCH3 is 1. The van der Waals surface area contributed by atoms with Gasteiger partial charge in [-0.15, -0.1) is 11.3 Å². The van der Waals surface area contributed by atoms with Crippen molar-refractivity contribution in [2.75, 3.05) is 19.5 Å². The van der Waals surface area contributed by atoms with Crippen LogP contribution < -0.4 is 5.56 Å². The molecule has 0 amide bonds. The minimum Gasteiger partial charge on any atom is -0.383 e. The van der Waals surface area contributed by atoms with E-state index >= 15 is 0 Å². The van der Waals surface area contributed by atoms with E-state index in [-0.39, 0.29) is 23.1 Å². The molecule has 0 spiro atoms. The standard InChI is InChI=1S/C25H27N3O3S2/c1-16-12-21(18(3)27(16)13-19-8-7-11-32-19)23(29)15-33-25-26-22-10-6-5-9-20(22)24(30)28(25)17(2)14-31-4/h5-12,17H,13-15H2,1-4H3/t17-/m0/s1. The number of para-hydroxylation sites is 1. The zero-order chi connectivity index (χ0) is 23.5. The summed E-state index contributed by atoms with van der Waals surface area (Å²) in [6, 6.07) is 13.2. The zero-order valence-corrected chi connectivity index (χ0v) is 20.8. The van der Waals surface area contributed by atoms with Gasteiger partial charge in [0, 0.05) is 28.9 Å². The molecule has 4 aromatic rings. The second kappa shape index (κ2) is 10.1. The van der Waals surface area contributed by atoms with Gasteiger partial charge in [0.1, 0.15) is 0 Å². The summed E-state index contributed by atoms with van der Waals surface area (Å²) in [5, 5.41) is 3.16. The Morgan fingerprint density at radius 1 is 1.21 bits per heavy atom. The molecular weight excluding hydrogens is 454 g/mol. The molecular formula is C25H27N3O3S2. The van der Waals surface area contributed by atoms with Crippen LogP contribution in [0.5, 0.6) is 0 Å². The van der Waals surface area contributed by atoms with E-state index < -0.39 is 0 Å². The molecule has 0 saturated carbocycles. The van der Waals surface area contributed by atoms with Gasteiger partial charge in [0.05, 0.1) is 35.8 Å². The van der Waals surface area contributed by atoms with Crippen molar-refractivity contribution in [3.8, 4) is 0 Å². The fourth-order valence-electron chi connectivity index (χ4n) is 4.02. The van der Waals surface area contributed by atoms with Crippen molar-refractivity contribution in [1.82, 2.24) is 14.1 Å². The summed E-state index contributed by atoms with van der Waals surface area (Å²) >= 11 is 3.01. The minimum absolute atomic E-state index is 0.0267. The van der Waals surface area contributed by atoms with Gasteiger partial charge in [-0.05, 0) is 50.4 Å². The SMILES string of the molecule is COC[C@H](C)n1c(SCC(=O)c2cc(C)n(Cc3cccs3)c2C)nc2ccccc2c1=O. The number of carbonyl (C=O) groups is 1. The number of ether oxygens (including phenoxy) is 1. The number of nitrogens with zero attached hydrogens (tertiary/aromatic N) is 3. The molecule has 0 unspecified atom stereocenters. The van der Waals surface area contributed by atoms with E-state index in [1.165, 1.54) is 16.6 Å². The Morgan fingerprint density at radius 2 is 2.00 bits per heavy atom. The summed E-state index contributed by atoms with van der Waals surface area (Å²) in [5.74, 6) is 0.229. The second-order valence-corrected chi connectivity index (χ2v) is 10.0. The Morgan fingerprint density at radius 3 is 2.73 bits per heavy atom. The molecule has 0 aliphatic heterocycles. The van der Waals surface area contributed by atoms with Gasteiger partial charge < -0.3 is 9.30 Å². The summed E-state index contributed by atoms with van der Waals surface area (Å²) in [5.41, 5.74) is 3.25. The van der Waals surface area contributed by atoms with Crippen LogP contribution in [0.2, 0.25) is 0 Å². The number of hydrogen-bond acceptors (Lipinski definition) is 6. The molecule has 0 radical (unpaired) electrons. The Bertz CT molecular complexity index is 1340. The first-order valence-electron chi connectivity index (χ1n) is 10.8. The first-order chi connectivity index (χ1) is 15.9. The topological polar surface area (TPSA) is 66.1 Å². The smallest absolute Gasteiger partial charge is 0.262 e. The predicted octanol–water partition coefficient (Wildman–Crippen LogP) is 5.11. The lowest BCUT2D eigenvalue weighted by atomic mass is 10.2. The number of ketones is 1. The van der Waals surface area contributed by atoms with Crippen LogP contribution in [0.15, 0.2) is 57.8 Å². The normalized spacial score (nSPS) is 12.4. The van der Waals surface area contributed by atoms with Gasteiger partial charge in [-0.1, -0.05) is 30.0 Å². The van der Waals surface area contributed by atoms with Crippen LogP contribution in [0.1, 0.15) is 39.6 Å². The third kappa shape index (κ3) is 4.83. The Balaban J connectivity index is 1.61. The lowest BCUT2D eigenvalue weighted by Crippen LogP contribution is -2.28. The van der Waals surface area contributed by atoms with Gasteiger partial charge in [-0.2, -0.15) is 0 Å². The van der Waals surface area contributed by atoms with Crippen molar-refractivity contribution in [1.29, 1.82) is 0 Å². The number of benzene rings is 1. The number of aromatic nitrogens is 3. The van der Waals surface area contributed by atoms with Crippen molar-refractivity contribution in [2.45, 2.75) is 38.5 Å². The zero-order valence-electron chi connectivity index (χ0n) is 19.2. The molecule has 172 valence electrons. The fraction of sp³-hybridized carbons (Fsp3) is 0.320. The minimum atomic E-state index is -0.201. The molecule has 6 nitrogen and oxygen atoms in total. The Kier molecular flexibility index (Phi) is 7.17. The number of thioether (sulfide) groups is 1. The largest absolute Gasteiger partial charge is 0.383 e. The van der Waals surface area contributed by atoms with Crippen molar-refractivity contribution in [3.05, 3.63) is 80.0 Å². The van der Waals surface area contributed by atoms with Gasteiger partial charge in [-0.3, -0.25) is 14.2 Å². The van der Waals surface area contributed by atoms with E-state index in [1.54, 1.807) is 29.1 Å². The van der Waals surface area contributed by atoms with Crippen LogP contribution in [0.4, 0.5) is 0 Å². The third-order valence-corrected chi connectivity index (χ3v) is 7.54. The maximum atomic E-state index is 13.2. The van der Waals surface area contributed by atoms with Gasteiger partial charge in [-0.25, -0.2) is 4.98 Å². The second-order valence-electron chi connectivity index (χ2n) is 8.05. The van der Waals surface area contributed by atoms with Crippen molar-refractivity contribution < 1.29 is 9.53 Å². The van der Waals surface area contributed by atoms with E-state index in [1.807, 2.05) is 51.1 Å². The van der Waals surface area contributed by atoms with Crippen LogP contribution in [-0.4, -0.2) is 39.4 Å². The van der Waals surface area contributed by atoms with Crippen LogP contribution in [-0.2, 0) is 11.3 Å². The molecule has 0 aliphatic rings. The number of thiophene rings is 1. The molecule has 0 N–H and O–H groups in total. The van der Waals surface area contributed by atoms with E-state index in [0.29, 0.717) is 22.7 Å². The lowest BCUT2D eigenvalue weighted by molar-refractivity contribution is 0.102. The van der Waals surface area contributed by atoms with Crippen LogP contribution in [0, 0.1) is 13.8 Å². The van der Waals surface area contributed by atoms with Gasteiger partial charge in [0.2, 0.25) is 0 Å². The Hall–Kier alpha value is -2.68. The van der Waals surface area contributed by atoms with Gasteiger partial charge in [0.15, 0.2) is 10.9 Å². The monoisotopic (exact) mass is 481 g/mol. The number of aryl methyl sites for hydroxylation is 1. The molecule has 1 aromatic carbocycles. The van der Waals surface area contributed by atoms with E-state index in [4.69, 9.17) is 9.72 Å². The highest BCUT2D eigenvalue weighted by Gasteiger charge is 2.20. The third-order valence-electron chi connectivity index (χ3n) is 5.72. The number of fused-ring (bicyclic) bond motifs is 1. The number of Topliss-reactive ketones (excluding diaryl/α,β-unsaturated/α-hetero) is 1. The van der Waals surface area contributed by atoms with Gasteiger partial charge >= 0.3 is 0 Å². The average Bonchev–Trinajstić information content (AvgIpc) is 3.41. The van der Waals surface area contributed by atoms with E-state index in [2.05, 4.69) is 16.0 Å². The molecule has 1 atom stereocenters. The first kappa shape index (κ1) is 23.5. The highest BCUT2D eigenvalue weighted by Crippen LogP contribution is 2.25. The van der Waals surface area contributed by atoms with Crippen LogP contribution >= 0.6 is 23.1 Å². The quantitative estimate of drug-likeness (QED) is 0.189. The molecule has 0 aliphatic carbocycles. The average molecular weight is 482 g/mol. The van der Waals surface area contributed by atoms with Gasteiger partial charge in [0.25, 0.3) is 5.56 Å². The maximum absolute atomic E-state index is 13.2. The van der Waals surface area contributed by atoms with Crippen LogP contribution in [0.25, 0.3) is 10.9 Å². The lowest BCUT2D eigenvalue weighted by Gasteiger charge is -2.18. The van der Waals surface area contributed by atoms with E-state index in [0.717, 1.165) is 23.5 Å². The first-order valence-corrected chi connectivity index (χ1v) is 12.6. The summed E-state index contributed by atoms with van der Waals surface area (Å²) in [6.07, 6.45) is 0. The van der Waals surface area contributed by atoms with Crippen molar-refractivity contribution >= 4 is 39.8 Å². The molecule has 4 rings (SSSR count). The summed E-state index contributed by atoms with van der Waals surface area (Å²) < 4.78 is 9.10. The number of carbonyl (C=O) groups excluding carboxylic acids is 1. The highest BCUT2D eigenvalue weighted by molar-refractivity contribution is 7.99. The predicted molar refractivity (Wildman–Crippen MR) is 135 cm³/mol. The highest BCUT2D eigenvalue weighted by atomic mass is 32.2. The number of rotatable bonds is 9. The fourth-order valence-corrected chi connectivity index (χ4v) is 5.70. The Labute approximate surface area is 201 Å². The molecule has 3 heterocycles. The molecule has 0 bridgehead atoms. The van der Waals surface area contributed by atoms with Crippen molar-refractivity contribution in [2.24, 2.45) is 0 Å². The molecule has 3 aromatic heterocycles. The maximum Gasteiger partial charge on any atom is 0.262 e.